The monoisotopic (exact) mass is 320 g/mol. The summed E-state index contributed by atoms with van der Waals surface area (Å²) in [5.41, 5.74) is 0.787. The van der Waals surface area contributed by atoms with Crippen LogP contribution in [0.5, 0.6) is 0 Å². The minimum absolute atomic E-state index is 0.0874. The first-order chi connectivity index (χ1) is 10.8. The number of nitrogens with zero attached hydrogens (tertiary/aromatic N) is 1. The van der Waals surface area contributed by atoms with E-state index >= 15 is 0 Å². The molecule has 122 valence electrons. The summed E-state index contributed by atoms with van der Waals surface area (Å²) in [6.45, 7) is 5.82. The van der Waals surface area contributed by atoms with E-state index in [4.69, 9.17) is 0 Å². The van der Waals surface area contributed by atoms with Crippen molar-refractivity contribution in [2.45, 2.75) is 63.3 Å². The molecule has 3 nitrogen and oxygen atoms in total. The second kappa shape index (κ2) is 12.3. The Morgan fingerprint density at radius 1 is 1.23 bits per heavy atom. The lowest BCUT2D eigenvalue weighted by molar-refractivity contribution is -0.116. The Balaban J connectivity index is 2.09. The van der Waals surface area contributed by atoms with Gasteiger partial charge in [0.25, 0.3) is 0 Å². The number of anilines is 1. The highest BCUT2D eigenvalue weighted by Gasteiger charge is 2.03. The lowest BCUT2D eigenvalue weighted by atomic mass is 10.1. The van der Waals surface area contributed by atoms with E-state index in [1.807, 2.05) is 18.2 Å². The van der Waals surface area contributed by atoms with Crippen molar-refractivity contribution in [3.05, 3.63) is 31.0 Å². The molecule has 0 saturated carbocycles. The molecule has 0 atom stereocenters. The predicted molar refractivity (Wildman–Crippen MR) is 96.4 cm³/mol. The number of nitrogens with one attached hydrogen (secondary N) is 1. The molecule has 0 bridgehead atoms. The van der Waals surface area contributed by atoms with Gasteiger partial charge in [0.05, 0.1) is 16.9 Å². The van der Waals surface area contributed by atoms with Crippen molar-refractivity contribution in [1.29, 1.82) is 0 Å². The fourth-order valence-corrected chi connectivity index (χ4v) is 2.78. The van der Waals surface area contributed by atoms with Gasteiger partial charge < -0.3 is 5.32 Å². The van der Waals surface area contributed by atoms with Crippen molar-refractivity contribution < 1.29 is 4.79 Å². The van der Waals surface area contributed by atoms with E-state index in [2.05, 4.69) is 23.8 Å². The van der Waals surface area contributed by atoms with Crippen molar-refractivity contribution >= 4 is 23.4 Å². The molecule has 0 aliphatic carbocycles. The molecule has 0 aromatic carbocycles. The van der Waals surface area contributed by atoms with E-state index in [-0.39, 0.29) is 5.91 Å². The largest absolute Gasteiger partial charge is 0.325 e. The van der Waals surface area contributed by atoms with Gasteiger partial charge >= 0.3 is 0 Å². The van der Waals surface area contributed by atoms with Crippen LogP contribution in [-0.2, 0) is 4.79 Å². The molecule has 0 aliphatic heterocycles. The predicted octanol–water partition coefficient (Wildman–Crippen LogP) is 5.44. The Hall–Kier alpha value is -1.29. The van der Waals surface area contributed by atoms with Gasteiger partial charge in [-0.25, -0.2) is 4.98 Å². The van der Waals surface area contributed by atoms with Crippen molar-refractivity contribution in [2.75, 3.05) is 11.1 Å². The number of amides is 1. The zero-order valence-corrected chi connectivity index (χ0v) is 14.5. The molecule has 4 heteroatoms. The summed E-state index contributed by atoms with van der Waals surface area (Å²) < 4.78 is 0. The summed E-state index contributed by atoms with van der Waals surface area (Å²) in [5.74, 6) is 1.09. The van der Waals surface area contributed by atoms with E-state index in [9.17, 15) is 4.79 Å². The molecule has 1 amide bonds. The first-order valence-electron chi connectivity index (χ1n) is 8.26. The molecule has 0 radical (unpaired) electrons. The van der Waals surface area contributed by atoms with Gasteiger partial charge in [-0.05, 0) is 37.1 Å². The number of pyridine rings is 1. The third kappa shape index (κ3) is 8.88. The zero-order valence-electron chi connectivity index (χ0n) is 13.6. The Morgan fingerprint density at radius 2 is 1.95 bits per heavy atom. The molecule has 0 spiro atoms. The highest BCUT2D eigenvalue weighted by molar-refractivity contribution is 7.99. The van der Waals surface area contributed by atoms with Gasteiger partial charge in [0.2, 0.25) is 5.91 Å². The molecule has 0 unspecified atom stereocenters. The smallest absolute Gasteiger partial charge is 0.224 e. The van der Waals surface area contributed by atoms with Gasteiger partial charge in [0.15, 0.2) is 0 Å². The maximum atomic E-state index is 11.8. The topological polar surface area (TPSA) is 42.0 Å². The fraction of sp³-hybridized carbons (Fsp3) is 0.556. The van der Waals surface area contributed by atoms with Gasteiger partial charge in [-0.1, -0.05) is 38.7 Å². The number of unbranched alkanes of at least 4 members (excludes halogenated alkanes) is 6. The zero-order chi connectivity index (χ0) is 16.0. The maximum Gasteiger partial charge on any atom is 0.224 e. The molecule has 1 N–H and O–H groups in total. The quantitative estimate of drug-likeness (QED) is 0.317. The number of carbonyl (C=O) groups excluding carboxylic acids is 1. The van der Waals surface area contributed by atoms with E-state index < -0.39 is 0 Å². The second-order valence-electron chi connectivity index (χ2n) is 5.31. The van der Waals surface area contributed by atoms with Crippen molar-refractivity contribution in [3.8, 4) is 0 Å². The minimum Gasteiger partial charge on any atom is -0.325 e. The molecule has 22 heavy (non-hydrogen) atoms. The van der Waals surface area contributed by atoms with E-state index in [0.717, 1.165) is 35.7 Å². The highest BCUT2D eigenvalue weighted by Crippen LogP contribution is 2.16. The van der Waals surface area contributed by atoms with Crippen LogP contribution in [0.3, 0.4) is 0 Å². The van der Waals surface area contributed by atoms with Crippen LogP contribution < -0.4 is 5.32 Å². The number of aromatic nitrogens is 1. The molecule has 1 heterocycles. The van der Waals surface area contributed by atoms with Gasteiger partial charge in [0.1, 0.15) is 0 Å². The number of carbonyl (C=O) groups is 1. The van der Waals surface area contributed by atoms with Gasteiger partial charge in [-0.15, -0.1) is 18.3 Å². The van der Waals surface area contributed by atoms with Crippen LogP contribution in [-0.4, -0.2) is 16.6 Å². The number of allylic oxidation sites excluding steroid dienone is 1. The fourth-order valence-electron chi connectivity index (χ4n) is 2.19. The van der Waals surface area contributed by atoms with E-state index in [1.54, 1.807) is 18.0 Å². The standard InChI is InChI=1S/C18H28N2OS/c1-3-5-6-7-8-9-10-11-12-17(21)20-16-13-14-18(19-15-16)22-4-2/h3,13-15H,1,4-12H2,2H3,(H,20,21). The summed E-state index contributed by atoms with van der Waals surface area (Å²) in [7, 11) is 0. The van der Waals surface area contributed by atoms with Crippen LogP contribution in [0.15, 0.2) is 36.0 Å². The molecule has 1 rings (SSSR count). The molecule has 1 aromatic heterocycles. The molecular formula is C18H28N2OS. The molecular weight excluding hydrogens is 292 g/mol. The number of thioether (sulfide) groups is 1. The Kier molecular flexibility index (Phi) is 10.5. The number of rotatable bonds is 12. The summed E-state index contributed by atoms with van der Waals surface area (Å²) in [4.78, 5) is 16.1. The van der Waals surface area contributed by atoms with Gasteiger partial charge in [0, 0.05) is 6.42 Å². The Bertz CT molecular complexity index is 431. The first kappa shape index (κ1) is 18.8. The molecule has 0 fully saturated rings. The summed E-state index contributed by atoms with van der Waals surface area (Å²) >= 11 is 1.70. The van der Waals surface area contributed by atoms with Crippen LogP contribution in [0.25, 0.3) is 0 Å². The average Bonchev–Trinajstić information content (AvgIpc) is 2.52. The van der Waals surface area contributed by atoms with Gasteiger partial charge in [-0.2, -0.15) is 0 Å². The van der Waals surface area contributed by atoms with Crippen LogP contribution in [0.1, 0.15) is 58.3 Å². The summed E-state index contributed by atoms with van der Waals surface area (Å²) in [5, 5.41) is 3.91. The number of hydrogen-bond acceptors (Lipinski definition) is 3. The maximum absolute atomic E-state index is 11.8. The van der Waals surface area contributed by atoms with E-state index in [1.165, 1.54) is 25.7 Å². The minimum atomic E-state index is 0.0874. The third-order valence-corrected chi connectivity index (χ3v) is 4.20. The second-order valence-corrected chi connectivity index (χ2v) is 6.60. The Labute approximate surface area is 139 Å². The lowest BCUT2D eigenvalue weighted by Crippen LogP contribution is -2.11. The van der Waals surface area contributed by atoms with Crippen LogP contribution in [0, 0.1) is 0 Å². The van der Waals surface area contributed by atoms with Crippen molar-refractivity contribution in [3.63, 3.8) is 0 Å². The molecule has 0 saturated heterocycles. The molecule has 0 aliphatic rings. The van der Waals surface area contributed by atoms with Crippen molar-refractivity contribution in [1.82, 2.24) is 4.98 Å². The average molecular weight is 321 g/mol. The SMILES string of the molecule is C=CCCCCCCCCC(=O)Nc1ccc(SCC)nc1. The summed E-state index contributed by atoms with van der Waals surface area (Å²) in [6.07, 6.45) is 12.5. The van der Waals surface area contributed by atoms with Crippen molar-refractivity contribution in [2.24, 2.45) is 0 Å². The summed E-state index contributed by atoms with van der Waals surface area (Å²) in [6, 6.07) is 3.87. The highest BCUT2D eigenvalue weighted by atomic mass is 32.2. The van der Waals surface area contributed by atoms with Gasteiger partial charge in [-0.3, -0.25) is 4.79 Å². The van der Waals surface area contributed by atoms with Crippen LogP contribution in [0.2, 0.25) is 0 Å². The van der Waals surface area contributed by atoms with Crippen LogP contribution >= 0.6 is 11.8 Å². The third-order valence-electron chi connectivity index (χ3n) is 3.37. The normalized spacial score (nSPS) is 10.4. The number of hydrogen-bond donors (Lipinski definition) is 1. The Morgan fingerprint density at radius 3 is 2.59 bits per heavy atom. The van der Waals surface area contributed by atoms with E-state index in [0.29, 0.717) is 6.42 Å². The first-order valence-corrected chi connectivity index (χ1v) is 9.24. The molecule has 1 aromatic rings. The van der Waals surface area contributed by atoms with Crippen LogP contribution in [0.4, 0.5) is 5.69 Å². The lowest BCUT2D eigenvalue weighted by Gasteiger charge is -2.06.